The Morgan fingerprint density at radius 2 is 1.94 bits per heavy atom. The molecule has 1 aliphatic rings. The van der Waals surface area contributed by atoms with Crippen LogP contribution in [-0.2, 0) is 19.1 Å². The fraction of sp³-hybridized carbons (Fsp3) is 0.818. The molecule has 1 aliphatic heterocycles. The highest BCUT2D eigenvalue weighted by Gasteiger charge is 2.32. The summed E-state index contributed by atoms with van der Waals surface area (Å²) in [7, 11) is 0. The maximum Gasteiger partial charge on any atom is 0.332 e. The summed E-state index contributed by atoms with van der Waals surface area (Å²) in [4.78, 5) is 24.9. The van der Waals surface area contributed by atoms with Gasteiger partial charge >= 0.3 is 5.97 Å². The Balaban J connectivity index is 2.59. The van der Waals surface area contributed by atoms with Crippen LogP contribution >= 0.6 is 0 Å². The zero-order chi connectivity index (χ0) is 13.0. The number of hydrogen-bond donors (Lipinski definition) is 1. The Hall–Kier alpha value is -1.14. The van der Waals surface area contributed by atoms with E-state index in [1.807, 2.05) is 13.8 Å². The van der Waals surface area contributed by atoms with Crippen molar-refractivity contribution < 1.29 is 19.1 Å². The van der Waals surface area contributed by atoms with Crippen molar-refractivity contribution in [3.63, 3.8) is 0 Å². The molecule has 3 atom stereocenters. The van der Waals surface area contributed by atoms with Crippen LogP contribution in [-0.4, -0.2) is 54.7 Å². The number of carbonyl (C=O) groups excluding carboxylic acids is 2. The van der Waals surface area contributed by atoms with E-state index in [1.165, 1.54) is 0 Å². The van der Waals surface area contributed by atoms with Crippen LogP contribution in [0.2, 0.25) is 0 Å². The second-order valence-electron chi connectivity index (χ2n) is 4.23. The van der Waals surface area contributed by atoms with Gasteiger partial charge < -0.3 is 20.1 Å². The minimum absolute atomic E-state index is 0.0444. The summed E-state index contributed by atoms with van der Waals surface area (Å²) in [5.41, 5.74) is 5.56. The Kier molecular flexibility index (Phi) is 4.89. The predicted octanol–water partition coefficient (Wildman–Crippen LogP) is -0.487. The van der Waals surface area contributed by atoms with Gasteiger partial charge in [-0.2, -0.15) is 0 Å². The lowest BCUT2D eigenvalue weighted by atomic mass is 10.2. The van der Waals surface area contributed by atoms with Crippen LogP contribution in [0.5, 0.6) is 0 Å². The minimum Gasteiger partial charge on any atom is -0.464 e. The first-order valence-corrected chi connectivity index (χ1v) is 5.82. The van der Waals surface area contributed by atoms with E-state index in [9.17, 15) is 9.59 Å². The van der Waals surface area contributed by atoms with E-state index in [4.69, 9.17) is 15.2 Å². The van der Waals surface area contributed by atoms with E-state index < -0.39 is 17.9 Å². The summed E-state index contributed by atoms with van der Waals surface area (Å²) < 4.78 is 10.2. The van der Waals surface area contributed by atoms with Crippen LogP contribution in [0.15, 0.2) is 0 Å². The lowest BCUT2D eigenvalue weighted by molar-refractivity contribution is -0.155. The van der Waals surface area contributed by atoms with Crippen molar-refractivity contribution in [1.29, 1.82) is 0 Å². The average molecular weight is 244 g/mol. The molecule has 0 radical (unpaired) electrons. The molecule has 17 heavy (non-hydrogen) atoms. The van der Waals surface area contributed by atoms with Gasteiger partial charge in [0.05, 0.1) is 18.8 Å². The Bertz CT molecular complexity index is 285. The molecular formula is C11H20N2O4. The van der Waals surface area contributed by atoms with Crippen LogP contribution in [0, 0.1) is 0 Å². The van der Waals surface area contributed by atoms with Crippen LogP contribution in [0.25, 0.3) is 0 Å². The van der Waals surface area contributed by atoms with Gasteiger partial charge in [-0.3, -0.25) is 4.79 Å². The van der Waals surface area contributed by atoms with Gasteiger partial charge in [-0.1, -0.05) is 0 Å². The molecule has 0 aromatic rings. The number of amides is 1. The predicted molar refractivity (Wildman–Crippen MR) is 61.2 cm³/mol. The highest BCUT2D eigenvalue weighted by Crippen LogP contribution is 2.11. The van der Waals surface area contributed by atoms with E-state index in [2.05, 4.69) is 0 Å². The fourth-order valence-electron chi connectivity index (χ4n) is 1.89. The molecule has 0 bridgehead atoms. The highest BCUT2D eigenvalue weighted by molar-refractivity contribution is 6.01. The second kappa shape index (κ2) is 5.97. The number of morpholine rings is 1. The molecule has 0 aromatic carbocycles. The Morgan fingerprint density at radius 1 is 1.41 bits per heavy atom. The first kappa shape index (κ1) is 13.9. The zero-order valence-electron chi connectivity index (χ0n) is 10.5. The van der Waals surface area contributed by atoms with Gasteiger partial charge in [-0.05, 0) is 20.8 Å². The van der Waals surface area contributed by atoms with Crippen molar-refractivity contribution in [2.75, 3.05) is 19.7 Å². The van der Waals surface area contributed by atoms with E-state index in [0.29, 0.717) is 13.1 Å². The maximum atomic E-state index is 12.0. The first-order chi connectivity index (χ1) is 7.95. The normalized spacial score (nSPS) is 26.5. The molecule has 0 aliphatic carbocycles. The molecule has 0 aromatic heterocycles. The van der Waals surface area contributed by atoms with Gasteiger partial charge in [-0.15, -0.1) is 0 Å². The van der Waals surface area contributed by atoms with Gasteiger partial charge in [0.25, 0.3) is 5.91 Å². The van der Waals surface area contributed by atoms with Crippen LogP contribution in [0.4, 0.5) is 0 Å². The smallest absolute Gasteiger partial charge is 0.332 e. The molecule has 1 rings (SSSR count). The lowest BCUT2D eigenvalue weighted by Gasteiger charge is -2.36. The third-order valence-corrected chi connectivity index (χ3v) is 2.54. The standard InChI is InChI=1S/C11H20N2O4/c1-4-16-11(15)9(12)10(14)13-5-7(2)17-8(3)6-13/h7-9H,4-6,12H2,1-3H3/t7-,8+,9?. The molecule has 1 heterocycles. The van der Waals surface area contributed by atoms with E-state index in [1.54, 1.807) is 11.8 Å². The summed E-state index contributed by atoms with van der Waals surface area (Å²) in [5.74, 6) is -1.07. The molecule has 6 nitrogen and oxygen atoms in total. The molecule has 1 amide bonds. The van der Waals surface area contributed by atoms with Crippen molar-refractivity contribution in [1.82, 2.24) is 4.90 Å². The lowest BCUT2D eigenvalue weighted by Crippen LogP contribution is -2.55. The van der Waals surface area contributed by atoms with Crippen molar-refractivity contribution in [2.45, 2.75) is 39.0 Å². The van der Waals surface area contributed by atoms with Crippen LogP contribution in [0.3, 0.4) is 0 Å². The minimum atomic E-state index is -1.23. The van der Waals surface area contributed by atoms with E-state index >= 15 is 0 Å². The molecule has 1 fully saturated rings. The SMILES string of the molecule is CCOC(=O)C(N)C(=O)N1C[C@@H](C)O[C@@H](C)C1. The Labute approximate surface area is 101 Å². The number of carbonyl (C=O) groups is 2. The van der Waals surface area contributed by atoms with Crippen LogP contribution < -0.4 is 5.73 Å². The van der Waals surface area contributed by atoms with Crippen molar-refractivity contribution in [3.05, 3.63) is 0 Å². The Morgan fingerprint density at radius 3 is 2.41 bits per heavy atom. The molecule has 0 saturated carbocycles. The van der Waals surface area contributed by atoms with Gasteiger partial charge in [0.1, 0.15) is 0 Å². The highest BCUT2D eigenvalue weighted by atomic mass is 16.5. The third kappa shape index (κ3) is 3.67. The summed E-state index contributed by atoms with van der Waals surface area (Å²) in [6.07, 6.45) is -0.0887. The monoisotopic (exact) mass is 244 g/mol. The summed E-state index contributed by atoms with van der Waals surface area (Å²) in [6.45, 7) is 6.56. The first-order valence-electron chi connectivity index (χ1n) is 5.82. The van der Waals surface area contributed by atoms with Gasteiger partial charge in [0.2, 0.25) is 0 Å². The fourth-order valence-corrected chi connectivity index (χ4v) is 1.89. The molecular weight excluding hydrogens is 224 g/mol. The molecule has 0 spiro atoms. The van der Waals surface area contributed by atoms with E-state index in [-0.39, 0.29) is 18.8 Å². The molecule has 1 saturated heterocycles. The van der Waals surface area contributed by atoms with E-state index in [0.717, 1.165) is 0 Å². The molecule has 6 heteroatoms. The van der Waals surface area contributed by atoms with Crippen LogP contribution in [0.1, 0.15) is 20.8 Å². The summed E-state index contributed by atoms with van der Waals surface area (Å²) in [6, 6.07) is -1.23. The number of nitrogens with two attached hydrogens (primary N) is 1. The molecule has 2 N–H and O–H groups in total. The zero-order valence-corrected chi connectivity index (χ0v) is 10.5. The maximum absolute atomic E-state index is 12.0. The number of nitrogens with zero attached hydrogens (tertiary/aromatic N) is 1. The van der Waals surface area contributed by atoms with Gasteiger partial charge in [-0.25, -0.2) is 4.79 Å². The average Bonchev–Trinajstić information content (AvgIpc) is 2.26. The van der Waals surface area contributed by atoms with Gasteiger partial charge in [0.15, 0.2) is 6.04 Å². The number of esters is 1. The van der Waals surface area contributed by atoms with Crippen molar-refractivity contribution in [3.8, 4) is 0 Å². The largest absolute Gasteiger partial charge is 0.464 e. The second-order valence-corrected chi connectivity index (χ2v) is 4.23. The number of rotatable bonds is 3. The van der Waals surface area contributed by atoms with Crippen molar-refractivity contribution >= 4 is 11.9 Å². The quantitative estimate of drug-likeness (QED) is 0.535. The topological polar surface area (TPSA) is 81.9 Å². The van der Waals surface area contributed by atoms with Crippen molar-refractivity contribution in [2.24, 2.45) is 5.73 Å². The molecule has 98 valence electrons. The number of hydrogen-bond acceptors (Lipinski definition) is 5. The summed E-state index contributed by atoms with van der Waals surface area (Å²) >= 11 is 0. The van der Waals surface area contributed by atoms with Gasteiger partial charge in [0, 0.05) is 13.1 Å². The number of ether oxygens (including phenoxy) is 2. The third-order valence-electron chi connectivity index (χ3n) is 2.54. The molecule has 1 unspecified atom stereocenters. The summed E-state index contributed by atoms with van der Waals surface area (Å²) in [5, 5.41) is 0.